The van der Waals surface area contributed by atoms with Gasteiger partial charge in [-0.05, 0) is 73.6 Å². The number of nitrogen functional groups attached to an aromatic ring is 2. The topological polar surface area (TPSA) is 168 Å². The second kappa shape index (κ2) is 14.5. The van der Waals surface area contributed by atoms with E-state index in [0.29, 0.717) is 18.7 Å². The molecule has 1 aliphatic rings. The Balaban J connectivity index is 0.000000263. The normalized spacial score (nSPS) is 13.0. The van der Waals surface area contributed by atoms with E-state index in [9.17, 15) is 8.42 Å². The van der Waals surface area contributed by atoms with Gasteiger partial charge in [0.25, 0.3) is 10.1 Å². The van der Waals surface area contributed by atoms with Gasteiger partial charge in [0.1, 0.15) is 10.7 Å². The largest absolute Gasteiger partial charge is 0.491 e. The Hall–Kier alpha value is -2.73. The van der Waals surface area contributed by atoms with Crippen molar-refractivity contribution in [1.82, 2.24) is 0 Å². The van der Waals surface area contributed by atoms with E-state index in [0.717, 1.165) is 40.1 Å². The monoisotopic (exact) mass is 524 g/mol. The minimum Gasteiger partial charge on any atom is -0.491 e. The highest BCUT2D eigenvalue weighted by molar-refractivity contribution is 7.90. The summed E-state index contributed by atoms with van der Waals surface area (Å²) in [6.45, 7) is 2.69. The van der Waals surface area contributed by atoms with Crippen LogP contribution in [0.2, 0.25) is 0 Å². The highest BCUT2D eigenvalue weighted by Crippen LogP contribution is 2.22. The molecule has 11 heteroatoms. The molecule has 2 aromatic rings. The summed E-state index contributed by atoms with van der Waals surface area (Å²) in [6.07, 6.45) is 5.60. The van der Waals surface area contributed by atoms with Gasteiger partial charge in [-0.25, -0.2) is 0 Å². The summed E-state index contributed by atoms with van der Waals surface area (Å²) in [5.41, 5.74) is 24.9. The smallest absolute Gasteiger partial charge is 0.296 e. The van der Waals surface area contributed by atoms with E-state index in [1.54, 1.807) is 6.08 Å². The predicted octanol–water partition coefficient (Wildman–Crippen LogP) is 3.68. The van der Waals surface area contributed by atoms with Gasteiger partial charge in [-0.15, -0.1) is 12.6 Å². The highest BCUT2D eigenvalue weighted by Gasteiger charge is 2.17. The molecule has 0 heterocycles. The van der Waals surface area contributed by atoms with Gasteiger partial charge >= 0.3 is 0 Å². The maximum absolute atomic E-state index is 10.8. The van der Waals surface area contributed by atoms with Crippen LogP contribution in [0.1, 0.15) is 18.4 Å². The zero-order valence-electron chi connectivity index (χ0n) is 18.9. The predicted molar refractivity (Wildman–Crippen MR) is 146 cm³/mol. The third kappa shape index (κ3) is 11.4. The van der Waals surface area contributed by atoms with Crippen molar-refractivity contribution in [3.8, 4) is 5.75 Å². The molecule has 186 valence electrons. The van der Waals surface area contributed by atoms with Crippen molar-refractivity contribution in [2.24, 2.45) is 11.5 Å². The molecule has 34 heavy (non-hydrogen) atoms. The lowest BCUT2D eigenvalue weighted by Gasteiger charge is -2.08. The number of hydrogen-bond donors (Lipinski definition) is 7. The summed E-state index contributed by atoms with van der Waals surface area (Å²) in [6, 6.07) is 13.2. The Morgan fingerprint density at radius 2 is 1.68 bits per heavy atom. The number of rotatable bonds is 5. The van der Waals surface area contributed by atoms with Crippen LogP contribution in [0.25, 0.3) is 0 Å². The third-order valence-corrected chi connectivity index (χ3v) is 5.69. The average Bonchev–Trinajstić information content (AvgIpc) is 2.93. The Labute approximate surface area is 212 Å². The van der Waals surface area contributed by atoms with E-state index >= 15 is 0 Å². The SMILES string of the molecule is Cc1ccc(OCCCS)c(N)c1.NC1=CCC=C(N)C(S(=O)(=O)O)=C1.Nc1ccc(S)cc1. The Kier molecular flexibility index (Phi) is 12.5. The summed E-state index contributed by atoms with van der Waals surface area (Å²) in [5.74, 6) is 1.61. The van der Waals surface area contributed by atoms with E-state index in [1.165, 1.54) is 6.08 Å². The third-order valence-electron chi connectivity index (χ3n) is 4.17. The first-order chi connectivity index (χ1) is 15.9. The molecule has 0 amide bonds. The van der Waals surface area contributed by atoms with Crippen LogP contribution in [-0.2, 0) is 10.1 Å². The number of anilines is 2. The summed E-state index contributed by atoms with van der Waals surface area (Å²) in [4.78, 5) is 0.595. The molecule has 0 radical (unpaired) electrons. The molecule has 0 saturated carbocycles. The quantitative estimate of drug-likeness (QED) is 0.134. The fourth-order valence-electron chi connectivity index (χ4n) is 2.46. The number of aryl methyl sites for hydroxylation is 1. The van der Waals surface area contributed by atoms with Gasteiger partial charge in [-0.2, -0.15) is 21.0 Å². The molecule has 0 spiro atoms. The average molecular weight is 525 g/mol. The van der Waals surface area contributed by atoms with Crippen LogP contribution in [-0.4, -0.2) is 25.3 Å². The van der Waals surface area contributed by atoms with Crippen molar-refractivity contribution in [2.75, 3.05) is 23.8 Å². The number of allylic oxidation sites excluding steroid dienone is 3. The number of nitrogens with two attached hydrogens (primary N) is 4. The molecule has 0 saturated heterocycles. The molecule has 0 atom stereocenters. The lowest BCUT2D eigenvalue weighted by Crippen LogP contribution is -2.11. The molecule has 0 bridgehead atoms. The molecule has 0 fully saturated rings. The molecule has 3 rings (SSSR count). The first-order valence-electron chi connectivity index (χ1n) is 10.2. The van der Waals surface area contributed by atoms with Gasteiger partial charge < -0.3 is 27.7 Å². The maximum atomic E-state index is 10.8. The number of thiol groups is 2. The summed E-state index contributed by atoms with van der Waals surface area (Å²) >= 11 is 8.17. The van der Waals surface area contributed by atoms with Gasteiger partial charge in [0.15, 0.2) is 0 Å². The molecule has 8 nitrogen and oxygen atoms in total. The van der Waals surface area contributed by atoms with Gasteiger partial charge in [-0.1, -0.05) is 18.2 Å². The van der Waals surface area contributed by atoms with E-state index < -0.39 is 10.1 Å². The molecule has 0 aromatic heterocycles. The van der Waals surface area contributed by atoms with Crippen LogP contribution in [0.5, 0.6) is 5.75 Å². The van der Waals surface area contributed by atoms with Crippen LogP contribution >= 0.6 is 25.3 Å². The molecule has 1 aliphatic carbocycles. The molecule has 2 aromatic carbocycles. The van der Waals surface area contributed by atoms with Crippen LogP contribution in [0.15, 0.2) is 81.9 Å². The van der Waals surface area contributed by atoms with E-state index in [2.05, 4.69) is 25.3 Å². The molecule has 0 unspecified atom stereocenters. The van der Waals surface area contributed by atoms with Gasteiger partial charge in [0.2, 0.25) is 0 Å². The van der Waals surface area contributed by atoms with Crippen LogP contribution in [0.3, 0.4) is 0 Å². The van der Waals surface area contributed by atoms with Crippen LogP contribution in [0, 0.1) is 6.92 Å². The molecular weight excluding hydrogens is 492 g/mol. The maximum Gasteiger partial charge on any atom is 0.296 e. The standard InChI is InChI=1S/C10H15NOS.C7H10N2O3S.C6H7NS/c1-8-3-4-10(9(11)7-8)12-5-2-6-13;8-5-2-1-3-6(9)7(4-5)13(10,11)12;7-5-1-3-6(8)4-2-5/h3-4,7,13H,2,5-6,11H2,1H3;2-4H,1,8-9H2,(H,10,11,12);1-4,8H,7H2. The summed E-state index contributed by atoms with van der Waals surface area (Å²) in [7, 11) is -4.28. The van der Waals surface area contributed by atoms with Crippen molar-refractivity contribution < 1.29 is 17.7 Å². The number of hydrogen-bond acceptors (Lipinski definition) is 9. The van der Waals surface area contributed by atoms with E-state index in [1.807, 2.05) is 49.4 Å². The minimum atomic E-state index is -4.28. The second-order valence-corrected chi connectivity index (χ2v) is 9.49. The second-order valence-electron chi connectivity index (χ2n) is 7.14. The van der Waals surface area contributed by atoms with Gasteiger partial charge in [-0.3, -0.25) is 4.55 Å². The van der Waals surface area contributed by atoms with Gasteiger partial charge in [0, 0.05) is 22.0 Å². The fraction of sp³-hybridized carbons (Fsp3) is 0.217. The first kappa shape index (κ1) is 29.3. The lowest BCUT2D eigenvalue weighted by atomic mass is 10.2. The van der Waals surface area contributed by atoms with Crippen molar-refractivity contribution in [2.45, 2.75) is 24.7 Å². The Morgan fingerprint density at radius 3 is 2.21 bits per heavy atom. The van der Waals surface area contributed by atoms with Crippen LogP contribution < -0.4 is 27.7 Å². The van der Waals surface area contributed by atoms with Crippen molar-refractivity contribution in [1.29, 1.82) is 0 Å². The minimum absolute atomic E-state index is 0.0131. The van der Waals surface area contributed by atoms with Crippen molar-refractivity contribution >= 4 is 46.8 Å². The van der Waals surface area contributed by atoms with Crippen LogP contribution in [0.4, 0.5) is 11.4 Å². The van der Waals surface area contributed by atoms with E-state index in [-0.39, 0.29) is 16.3 Å². The number of benzene rings is 2. The number of ether oxygens (including phenoxy) is 1. The Morgan fingerprint density at radius 1 is 1.03 bits per heavy atom. The highest BCUT2D eigenvalue weighted by atomic mass is 32.2. The van der Waals surface area contributed by atoms with Crippen molar-refractivity contribution in [3.63, 3.8) is 0 Å². The summed E-state index contributed by atoms with van der Waals surface area (Å²) in [5, 5.41) is 0. The fourth-order valence-corrected chi connectivity index (χ4v) is 3.40. The van der Waals surface area contributed by atoms with E-state index in [4.69, 9.17) is 32.2 Å². The Bertz CT molecular complexity index is 1110. The molecule has 0 aliphatic heterocycles. The first-order valence-corrected chi connectivity index (χ1v) is 12.7. The molecule has 9 N–H and O–H groups in total. The summed E-state index contributed by atoms with van der Waals surface area (Å²) < 4.78 is 35.8. The zero-order chi connectivity index (χ0) is 25.7. The van der Waals surface area contributed by atoms with Crippen molar-refractivity contribution in [3.05, 3.63) is 82.6 Å². The zero-order valence-corrected chi connectivity index (χ0v) is 21.5. The molecular formula is C23H32N4O4S3. The van der Waals surface area contributed by atoms with Gasteiger partial charge in [0.05, 0.1) is 12.3 Å². The lowest BCUT2D eigenvalue weighted by molar-refractivity contribution is 0.320.